The number of carbonyl (C=O) groups is 2. The molecule has 0 unspecified atom stereocenters. The summed E-state index contributed by atoms with van der Waals surface area (Å²) < 4.78 is 0. The molecule has 1 atom stereocenters. The molecule has 0 aliphatic heterocycles. The number of hydrogen-bond acceptors (Lipinski definition) is 3. The third kappa shape index (κ3) is 4.69. The number of carbonyl (C=O) groups excluding carboxylic acids is 2. The van der Waals surface area contributed by atoms with E-state index in [2.05, 4.69) is 15.6 Å². The molecular weight excluding hydrogens is 242 g/mol. The number of aromatic nitrogens is 1. The third-order valence-corrected chi connectivity index (χ3v) is 2.70. The van der Waals surface area contributed by atoms with Gasteiger partial charge in [0.05, 0.1) is 0 Å². The molecule has 1 aromatic rings. The van der Waals surface area contributed by atoms with E-state index < -0.39 is 6.04 Å². The lowest BCUT2D eigenvalue weighted by atomic mass is 10.0. The first-order valence-corrected chi connectivity index (χ1v) is 6.40. The molecule has 0 fully saturated rings. The number of amides is 2. The van der Waals surface area contributed by atoms with Crippen molar-refractivity contribution in [1.29, 1.82) is 0 Å². The van der Waals surface area contributed by atoms with Crippen LogP contribution in [0.4, 0.5) is 0 Å². The summed E-state index contributed by atoms with van der Waals surface area (Å²) in [7, 11) is 1.56. The van der Waals surface area contributed by atoms with Crippen LogP contribution in [0.25, 0.3) is 0 Å². The van der Waals surface area contributed by atoms with Crippen molar-refractivity contribution in [2.45, 2.75) is 33.2 Å². The minimum atomic E-state index is -0.528. The van der Waals surface area contributed by atoms with Crippen molar-refractivity contribution < 1.29 is 9.59 Å². The average Bonchev–Trinajstić information content (AvgIpc) is 2.36. The van der Waals surface area contributed by atoms with Gasteiger partial charge in [0, 0.05) is 12.7 Å². The molecule has 0 aliphatic carbocycles. The van der Waals surface area contributed by atoms with Gasteiger partial charge in [0.25, 0.3) is 5.91 Å². The van der Waals surface area contributed by atoms with Gasteiger partial charge in [-0.2, -0.15) is 0 Å². The molecule has 1 aromatic heterocycles. The predicted molar refractivity (Wildman–Crippen MR) is 73.7 cm³/mol. The van der Waals surface area contributed by atoms with Crippen LogP contribution in [0.1, 0.15) is 36.5 Å². The van der Waals surface area contributed by atoms with Gasteiger partial charge in [0.1, 0.15) is 11.7 Å². The van der Waals surface area contributed by atoms with Gasteiger partial charge in [0.15, 0.2) is 0 Å². The number of nitrogens with one attached hydrogen (secondary N) is 2. The molecule has 0 aliphatic rings. The summed E-state index contributed by atoms with van der Waals surface area (Å²) in [5, 5.41) is 5.29. The standard InChI is InChI=1S/C14H21N3O2/c1-9(2)8-12(13(18)15-4)17-14(19)11-7-5-6-10(3)16-11/h5-7,9,12H,8H2,1-4H3,(H,15,18)(H,17,19)/t12-/m1/s1. The van der Waals surface area contributed by atoms with Crippen molar-refractivity contribution in [3.63, 3.8) is 0 Å². The van der Waals surface area contributed by atoms with E-state index in [1.807, 2.05) is 26.8 Å². The van der Waals surface area contributed by atoms with Crippen LogP contribution in [-0.4, -0.2) is 29.9 Å². The predicted octanol–water partition coefficient (Wildman–Crippen LogP) is 1.28. The van der Waals surface area contributed by atoms with E-state index in [4.69, 9.17) is 0 Å². The highest BCUT2D eigenvalue weighted by atomic mass is 16.2. The maximum Gasteiger partial charge on any atom is 0.270 e. The van der Waals surface area contributed by atoms with Crippen LogP contribution in [0, 0.1) is 12.8 Å². The SMILES string of the molecule is CNC(=O)[C@@H](CC(C)C)NC(=O)c1cccc(C)n1. The van der Waals surface area contributed by atoms with E-state index in [1.165, 1.54) is 0 Å². The second kappa shape index (κ2) is 6.87. The van der Waals surface area contributed by atoms with E-state index in [9.17, 15) is 9.59 Å². The topological polar surface area (TPSA) is 71.1 Å². The molecule has 0 saturated carbocycles. The van der Waals surface area contributed by atoms with Crippen LogP contribution in [-0.2, 0) is 4.79 Å². The molecule has 2 amide bonds. The van der Waals surface area contributed by atoms with Crippen LogP contribution in [0.3, 0.4) is 0 Å². The fourth-order valence-electron chi connectivity index (χ4n) is 1.78. The molecule has 19 heavy (non-hydrogen) atoms. The second-order valence-electron chi connectivity index (χ2n) is 4.93. The lowest BCUT2D eigenvalue weighted by Crippen LogP contribution is -2.46. The summed E-state index contributed by atoms with van der Waals surface area (Å²) in [4.78, 5) is 27.9. The summed E-state index contributed by atoms with van der Waals surface area (Å²) in [6.07, 6.45) is 0.594. The minimum Gasteiger partial charge on any atom is -0.357 e. The molecule has 5 heteroatoms. The minimum absolute atomic E-state index is 0.185. The fraction of sp³-hybridized carbons (Fsp3) is 0.500. The van der Waals surface area contributed by atoms with Crippen LogP contribution < -0.4 is 10.6 Å². The molecule has 5 nitrogen and oxygen atoms in total. The zero-order valence-electron chi connectivity index (χ0n) is 11.9. The van der Waals surface area contributed by atoms with Gasteiger partial charge in [-0.25, -0.2) is 4.98 Å². The van der Waals surface area contributed by atoms with Gasteiger partial charge in [-0.05, 0) is 31.4 Å². The largest absolute Gasteiger partial charge is 0.357 e. The van der Waals surface area contributed by atoms with E-state index in [1.54, 1.807) is 19.2 Å². The Hall–Kier alpha value is -1.91. The van der Waals surface area contributed by atoms with Crippen LogP contribution in [0.15, 0.2) is 18.2 Å². The Morgan fingerprint density at radius 2 is 2.00 bits per heavy atom. The second-order valence-corrected chi connectivity index (χ2v) is 4.93. The van der Waals surface area contributed by atoms with Gasteiger partial charge < -0.3 is 10.6 Å². The lowest BCUT2D eigenvalue weighted by molar-refractivity contribution is -0.122. The highest BCUT2D eigenvalue weighted by molar-refractivity contribution is 5.96. The van der Waals surface area contributed by atoms with E-state index in [-0.39, 0.29) is 11.8 Å². The normalized spacial score (nSPS) is 12.1. The summed E-state index contributed by atoms with van der Waals surface area (Å²) in [5.41, 5.74) is 1.10. The number of rotatable bonds is 5. The molecule has 0 aromatic carbocycles. The molecule has 2 N–H and O–H groups in total. The van der Waals surface area contributed by atoms with Gasteiger partial charge >= 0.3 is 0 Å². The van der Waals surface area contributed by atoms with Gasteiger partial charge in [-0.3, -0.25) is 9.59 Å². The van der Waals surface area contributed by atoms with Gasteiger partial charge in [-0.15, -0.1) is 0 Å². The Kier molecular flexibility index (Phi) is 5.48. The highest BCUT2D eigenvalue weighted by Crippen LogP contribution is 2.06. The lowest BCUT2D eigenvalue weighted by Gasteiger charge is -2.18. The Morgan fingerprint density at radius 3 is 2.53 bits per heavy atom. The van der Waals surface area contributed by atoms with E-state index in [0.29, 0.717) is 18.0 Å². The number of hydrogen-bond donors (Lipinski definition) is 2. The van der Waals surface area contributed by atoms with Gasteiger partial charge in [-0.1, -0.05) is 19.9 Å². The first-order chi connectivity index (χ1) is 8.93. The Labute approximate surface area is 113 Å². The van der Waals surface area contributed by atoms with Crippen molar-refractivity contribution in [2.75, 3.05) is 7.05 Å². The number of nitrogens with zero attached hydrogens (tertiary/aromatic N) is 1. The fourth-order valence-corrected chi connectivity index (χ4v) is 1.78. The van der Waals surface area contributed by atoms with Gasteiger partial charge in [0.2, 0.25) is 5.91 Å². The summed E-state index contributed by atoms with van der Waals surface area (Å²) in [5.74, 6) is -0.194. The Bertz CT molecular complexity index is 458. The summed E-state index contributed by atoms with van der Waals surface area (Å²) in [6, 6.07) is 4.70. The van der Waals surface area contributed by atoms with E-state index >= 15 is 0 Å². The molecule has 0 bridgehead atoms. The molecule has 1 heterocycles. The average molecular weight is 263 g/mol. The number of pyridine rings is 1. The molecule has 104 valence electrons. The molecular formula is C14H21N3O2. The molecule has 0 radical (unpaired) electrons. The van der Waals surface area contributed by atoms with Crippen LogP contribution in [0.5, 0.6) is 0 Å². The van der Waals surface area contributed by atoms with Crippen LogP contribution >= 0.6 is 0 Å². The first-order valence-electron chi connectivity index (χ1n) is 6.40. The highest BCUT2D eigenvalue weighted by Gasteiger charge is 2.21. The maximum absolute atomic E-state index is 12.1. The van der Waals surface area contributed by atoms with E-state index in [0.717, 1.165) is 5.69 Å². The smallest absolute Gasteiger partial charge is 0.270 e. The Balaban J connectivity index is 2.78. The third-order valence-electron chi connectivity index (χ3n) is 2.70. The quantitative estimate of drug-likeness (QED) is 0.840. The Morgan fingerprint density at radius 1 is 1.32 bits per heavy atom. The van der Waals surface area contributed by atoms with Crippen molar-refractivity contribution in [2.24, 2.45) is 5.92 Å². The van der Waals surface area contributed by atoms with Crippen LogP contribution in [0.2, 0.25) is 0 Å². The zero-order valence-corrected chi connectivity index (χ0v) is 11.9. The summed E-state index contributed by atoms with van der Waals surface area (Å²) in [6.45, 7) is 5.83. The van der Waals surface area contributed by atoms with Crippen molar-refractivity contribution in [3.05, 3.63) is 29.6 Å². The molecule has 1 rings (SSSR count). The summed E-state index contributed by atoms with van der Waals surface area (Å²) >= 11 is 0. The van der Waals surface area contributed by atoms with Crippen molar-refractivity contribution >= 4 is 11.8 Å². The molecule has 0 spiro atoms. The zero-order chi connectivity index (χ0) is 14.4. The van der Waals surface area contributed by atoms with Crippen molar-refractivity contribution in [1.82, 2.24) is 15.6 Å². The maximum atomic E-state index is 12.1. The number of aryl methyl sites for hydroxylation is 1. The number of likely N-dealkylation sites (N-methyl/N-ethyl adjacent to an activating group) is 1. The first kappa shape index (κ1) is 15.1. The molecule has 0 saturated heterocycles. The monoisotopic (exact) mass is 263 g/mol. The van der Waals surface area contributed by atoms with Crippen molar-refractivity contribution in [3.8, 4) is 0 Å².